The molecule has 4 aromatic rings. The molecular formula is C16H13N5OS. The molecule has 0 saturated heterocycles. The van der Waals surface area contributed by atoms with Crippen molar-refractivity contribution in [2.45, 2.75) is 13.8 Å². The number of carbonyl (C=O) groups excluding carboxylic acids is 1. The summed E-state index contributed by atoms with van der Waals surface area (Å²) in [5, 5.41) is 7.24. The van der Waals surface area contributed by atoms with Gasteiger partial charge in [0.1, 0.15) is 0 Å². The summed E-state index contributed by atoms with van der Waals surface area (Å²) in [6, 6.07) is 9.23. The fraction of sp³-hybridized carbons (Fsp3) is 0.125. The second kappa shape index (κ2) is 5.13. The van der Waals surface area contributed by atoms with Crippen LogP contribution >= 0.6 is 11.3 Å². The second-order valence-corrected chi connectivity index (χ2v) is 6.15. The largest absolute Gasteiger partial charge is 0.305 e. The topological polar surface area (TPSA) is 72.2 Å². The molecule has 0 atom stereocenters. The van der Waals surface area contributed by atoms with Crippen LogP contribution in [0.3, 0.4) is 0 Å². The number of aromatic nitrogens is 4. The van der Waals surface area contributed by atoms with Crippen LogP contribution in [0.25, 0.3) is 15.9 Å². The number of fused-ring (bicyclic) bond motifs is 2. The Hall–Kier alpha value is -2.80. The van der Waals surface area contributed by atoms with E-state index in [1.807, 2.05) is 32.0 Å². The van der Waals surface area contributed by atoms with Gasteiger partial charge in [-0.05, 0) is 32.0 Å². The van der Waals surface area contributed by atoms with Crippen LogP contribution in [0.5, 0.6) is 0 Å². The van der Waals surface area contributed by atoms with E-state index in [1.54, 1.807) is 22.2 Å². The molecule has 3 aromatic heterocycles. The van der Waals surface area contributed by atoms with E-state index in [0.29, 0.717) is 17.0 Å². The van der Waals surface area contributed by atoms with Crippen molar-refractivity contribution in [1.82, 2.24) is 19.6 Å². The summed E-state index contributed by atoms with van der Waals surface area (Å²) in [4.78, 5) is 21.2. The SMILES string of the molecule is Cc1cc(C)n2nc(NC(=O)c3cccc4ncsc34)cc2n1. The van der Waals surface area contributed by atoms with Crippen molar-refractivity contribution in [1.29, 1.82) is 0 Å². The van der Waals surface area contributed by atoms with E-state index in [9.17, 15) is 4.79 Å². The van der Waals surface area contributed by atoms with Crippen molar-refractivity contribution in [2.75, 3.05) is 5.32 Å². The summed E-state index contributed by atoms with van der Waals surface area (Å²) in [6.45, 7) is 3.89. The van der Waals surface area contributed by atoms with Crippen molar-refractivity contribution < 1.29 is 4.79 Å². The molecule has 23 heavy (non-hydrogen) atoms. The fourth-order valence-corrected chi connectivity index (χ4v) is 3.40. The smallest absolute Gasteiger partial charge is 0.258 e. The van der Waals surface area contributed by atoms with Crippen LogP contribution in [-0.4, -0.2) is 25.5 Å². The van der Waals surface area contributed by atoms with Gasteiger partial charge in [-0.2, -0.15) is 0 Å². The zero-order chi connectivity index (χ0) is 16.0. The number of rotatable bonds is 2. The molecule has 0 radical (unpaired) electrons. The number of carbonyl (C=O) groups is 1. The molecule has 6 nitrogen and oxygen atoms in total. The first-order valence-corrected chi connectivity index (χ1v) is 7.97. The average molecular weight is 323 g/mol. The standard InChI is InChI=1S/C16H13N5OS/c1-9-6-10(2)21-14(18-9)7-13(20-21)19-16(22)11-4-3-5-12-15(11)23-8-17-12/h3-8H,1-2H3,(H,19,20,22). The Kier molecular flexibility index (Phi) is 3.09. The Balaban J connectivity index is 1.71. The predicted octanol–water partition coefficient (Wildman–Crippen LogP) is 3.21. The van der Waals surface area contributed by atoms with Crippen molar-refractivity contribution >= 4 is 38.9 Å². The van der Waals surface area contributed by atoms with Gasteiger partial charge in [0.2, 0.25) is 0 Å². The molecule has 0 saturated carbocycles. The third-order valence-corrected chi connectivity index (χ3v) is 4.45. The highest BCUT2D eigenvalue weighted by Gasteiger charge is 2.14. The van der Waals surface area contributed by atoms with Gasteiger partial charge in [-0.3, -0.25) is 4.79 Å². The molecule has 0 fully saturated rings. The highest BCUT2D eigenvalue weighted by molar-refractivity contribution is 7.17. The van der Waals surface area contributed by atoms with E-state index in [4.69, 9.17) is 0 Å². The third kappa shape index (κ3) is 2.35. The minimum absolute atomic E-state index is 0.197. The van der Waals surface area contributed by atoms with Gasteiger partial charge in [-0.15, -0.1) is 16.4 Å². The lowest BCUT2D eigenvalue weighted by Crippen LogP contribution is -2.12. The molecule has 114 valence electrons. The van der Waals surface area contributed by atoms with Gasteiger partial charge < -0.3 is 5.32 Å². The normalized spacial score (nSPS) is 11.2. The highest BCUT2D eigenvalue weighted by Crippen LogP contribution is 2.23. The van der Waals surface area contributed by atoms with Gasteiger partial charge in [0, 0.05) is 17.5 Å². The van der Waals surface area contributed by atoms with Crippen molar-refractivity contribution in [3.63, 3.8) is 0 Å². The Morgan fingerprint density at radius 1 is 1.26 bits per heavy atom. The molecule has 0 unspecified atom stereocenters. The average Bonchev–Trinajstić information content (AvgIpc) is 3.12. The fourth-order valence-electron chi connectivity index (χ4n) is 2.60. The minimum Gasteiger partial charge on any atom is -0.305 e. The summed E-state index contributed by atoms with van der Waals surface area (Å²) in [7, 11) is 0. The predicted molar refractivity (Wildman–Crippen MR) is 90.0 cm³/mol. The summed E-state index contributed by atoms with van der Waals surface area (Å²) in [5.41, 5.74) is 5.77. The second-order valence-electron chi connectivity index (χ2n) is 5.30. The third-order valence-electron chi connectivity index (χ3n) is 3.58. The molecule has 7 heteroatoms. The molecule has 4 rings (SSSR count). The molecule has 0 aliphatic heterocycles. The first-order valence-electron chi connectivity index (χ1n) is 7.09. The lowest BCUT2D eigenvalue weighted by Gasteiger charge is -2.02. The van der Waals surface area contributed by atoms with Gasteiger partial charge in [0.25, 0.3) is 5.91 Å². The number of nitrogens with one attached hydrogen (secondary N) is 1. The summed E-state index contributed by atoms with van der Waals surface area (Å²) >= 11 is 1.45. The number of hydrogen-bond donors (Lipinski definition) is 1. The maximum Gasteiger partial charge on any atom is 0.258 e. The molecule has 0 aliphatic carbocycles. The molecule has 3 heterocycles. The molecule has 0 spiro atoms. The van der Waals surface area contributed by atoms with E-state index >= 15 is 0 Å². The summed E-state index contributed by atoms with van der Waals surface area (Å²) < 4.78 is 2.59. The van der Waals surface area contributed by atoms with Crippen LogP contribution < -0.4 is 5.32 Å². The van der Waals surface area contributed by atoms with Crippen molar-refractivity contribution in [3.8, 4) is 0 Å². The highest BCUT2D eigenvalue weighted by atomic mass is 32.1. The van der Waals surface area contributed by atoms with E-state index in [0.717, 1.165) is 21.6 Å². The van der Waals surface area contributed by atoms with Gasteiger partial charge in [-0.25, -0.2) is 14.5 Å². The Bertz CT molecular complexity index is 1050. The van der Waals surface area contributed by atoms with E-state index in [1.165, 1.54) is 11.3 Å². The molecule has 0 aliphatic rings. The van der Waals surface area contributed by atoms with Crippen LogP contribution in [0.4, 0.5) is 5.82 Å². The van der Waals surface area contributed by atoms with Gasteiger partial charge in [-0.1, -0.05) is 6.07 Å². The van der Waals surface area contributed by atoms with Crippen molar-refractivity contribution in [2.24, 2.45) is 0 Å². The van der Waals surface area contributed by atoms with E-state index in [2.05, 4.69) is 20.4 Å². The number of thiazole rings is 1. The maximum atomic E-state index is 12.6. The number of anilines is 1. The van der Waals surface area contributed by atoms with Crippen LogP contribution in [0.1, 0.15) is 21.7 Å². The molecule has 0 bridgehead atoms. The lowest BCUT2D eigenvalue weighted by atomic mass is 10.2. The number of benzene rings is 1. The van der Waals surface area contributed by atoms with Crippen molar-refractivity contribution in [3.05, 3.63) is 52.8 Å². The first kappa shape index (κ1) is 13.8. The number of aryl methyl sites for hydroxylation is 2. The molecular weight excluding hydrogens is 310 g/mol. The van der Waals surface area contributed by atoms with Gasteiger partial charge >= 0.3 is 0 Å². The Labute approximate surface area is 135 Å². The zero-order valence-corrected chi connectivity index (χ0v) is 13.4. The molecule has 1 amide bonds. The Morgan fingerprint density at radius 2 is 2.13 bits per heavy atom. The Morgan fingerprint density at radius 3 is 3.00 bits per heavy atom. The molecule has 1 aromatic carbocycles. The zero-order valence-electron chi connectivity index (χ0n) is 12.6. The monoisotopic (exact) mass is 323 g/mol. The number of nitrogens with zero attached hydrogens (tertiary/aromatic N) is 4. The van der Waals surface area contributed by atoms with Gasteiger partial charge in [0.15, 0.2) is 11.5 Å². The minimum atomic E-state index is -0.197. The number of hydrogen-bond acceptors (Lipinski definition) is 5. The quantitative estimate of drug-likeness (QED) is 0.615. The van der Waals surface area contributed by atoms with E-state index in [-0.39, 0.29) is 5.91 Å². The number of amides is 1. The maximum absolute atomic E-state index is 12.6. The lowest BCUT2D eigenvalue weighted by molar-refractivity contribution is 0.102. The summed E-state index contributed by atoms with van der Waals surface area (Å²) in [5.74, 6) is 0.287. The van der Waals surface area contributed by atoms with E-state index < -0.39 is 0 Å². The van der Waals surface area contributed by atoms with Crippen LogP contribution in [0, 0.1) is 13.8 Å². The van der Waals surface area contributed by atoms with Crippen LogP contribution in [0.2, 0.25) is 0 Å². The van der Waals surface area contributed by atoms with Gasteiger partial charge in [0.05, 0.1) is 21.3 Å². The first-order chi connectivity index (χ1) is 11.1. The molecule has 1 N–H and O–H groups in total. The van der Waals surface area contributed by atoms with Crippen LogP contribution in [0.15, 0.2) is 35.8 Å². The summed E-state index contributed by atoms with van der Waals surface area (Å²) in [6.07, 6.45) is 0. The van der Waals surface area contributed by atoms with Crippen LogP contribution in [-0.2, 0) is 0 Å².